The van der Waals surface area contributed by atoms with E-state index in [1.165, 1.54) is 12.8 Å². The molecule has 4 rings (SSSR count). The van der Waals surface area contributed by atoms with Gasteiger partial charge in [-0.2, -0.15) is 0 Å². The van der Waals surface area contributed by atoms with Crippen LogP contribution >= 0.6 is 0 Å². The Hall–Kier alpha value is -2.63. The van der Waals surface area contributed by atoms with Crippen LogP contribution in [0.15, 0.2) is 30.3 Å². The Balaban J connectivity index is 1.50. The van der Waals surface area contributed by atoms with Crippen LogP contribution in [0.1, 0.15) is 83.7 Å². The summed E-state index contributed by atoms with van der Waals surface area (Å²) in [5.74, 6) is 0.0592. The maximum atomic E-state index is 13.0. The van der Waals surface area contributed by atoms with Crippen LogP contribution < -0.4 is 10.6 Å². The molecule has 0 saturated heterocycles. The van der Waals surface area contributed by atoms with E-state index in [0.29, 0.717) is 18.1 Å². The highest BCUT2D eigenvalue weighted by atomic mass is 16.2. The largest absolute Gasteiger partial charge is 0.347 e. The lowest BCUT2D eigenvalue weighted by molar-refractivity contribution is 0.0917. The van der Waals surface area contributed by atoms with Crippen molar-refractivity contribution in [2.45, 2.75) is 76.9 Å². The van der Waals surface area contributed by atoms with E-state index in [1.807, 2.05) is 34.9 Å². The highest BCUT2D eigenvalue weighted by molar-refractivity contribution is 5.97. The van der Waals surface area contributed by atoms with Crippen molar-refractivity contribution in [1.29, 1.82) is 0 Å². The maximum Gasteiger partial charge on any atom is 0.287 e. The Bertz CT molecular complexity index is 851. The molecule has 6 heteroatoms. The van der Waals surface area contributed by atoms with Crippen molar-refractivity contribution in [3.63, 3.8) is 0 Å². The number of nitrogens with one attached hydrogen (secondary N) is 2. The SMILES string of the molecule is O=C(NCc1ccccc1)c1nc(C(=O)NC2CCCCCC2)n2c1CCCC2. The van der Waals surface area contributed by atoms with Gasteiger partial charge in [-0.1, -0.05) is 56.0 Å². The molecule has 0 radical (unpaired) electrons. The summed E-state index contributed by atoms with van der Waals surface area (Å²) in [6, 6.07) is 10.0. The first kappa shape index (κ1) is 19.7. The van der Waals surface area contributed by atoms with E-state index >= 15 is 0 Å². The van der Waals surface area contributed by atoms with Gasteiger partial charge in [-0.3, -0.25) is 9.59 Å². The molecule has 1 aliphatic heterocycles. The molecule has 2 N–H and O–H groups in total. The molecular formula is C23H30N4O2. The fourth-order valence-corrected chi connectivity index (χ4v) is 4.43. The van der Waals surface area contributed by atoms with Crippen LogP contribution in [-0.4, -0.2) is 27.4 Å². The molecule has 2 heterocycles. The zero-order valence-electron chi connectivity index (χ0n) is 17.0. The average Bonchev–Trinajstić information content (AvgIpc) is 2.96. The van der Waals surface area contributed by atoms with E-state index in [2.05, 4.69) is 15.6 Å². The van der Waals surface area contributed by atoms with Gasteiger partial charge >= 0.3 is 0 Å². The highest BCUT2D eigenvalue weighted by Crippen LogP contribution is 2.22. The zero-order valence-corrected chi connectivity index (χ0v) is 17.0. The molecule has 2 aromatic rings. The molecule has 0 unspecified atom stereocenters. The summed E-state index contributed by atoms with van der Waals surface area (Å²) < 4.78 is 1.97. The van der Waals surface area contributed by atoms with E-state index < -0.39 is 0 Å². The summed E-state index contributed by atoms with van der Waals surface area (Å²) in [6.45, 7) is 1.21. The van der Waals surface area contributed by atoms with Crippen molar-refractivity contribution in [2.24, 2.45) is 0 Å². The fraction of sp³-hybridized carbons (Fsp3) is 0.522. The standard InChI is InChI=1S/C23H30N4O2/c28-22(24-16-17-10-4-3-5-11-17)20-19-14-8-9-15-27(19)21(26-20)23(29)25-18-12-6-1-2-7-13-18/h3-5,10-11,18H,1-2,6-9,12-16H2,(H,24,28)(H,25,29). The molecule has 0 spiro atoms. The quantitative estimate of drug-likeness (QED) is 0.761. The molecule has 154 valence electrons. The average molecular weight is 395 g/mol. The highest BCUT2D eigenvalue weighted by Gasteiger charge is 2.28. The Morgan fingerprint density at radius 2 is 1.72 bits per heavy atom. The van der Waals surface area contributed by atoms with Crippen LogP contribution in [-0.2, 0) is 19.5 Å². The van der Waals surface area contributed by atoms with Gasteiger partial charge in [0.25, 0.3) is 11.8 Å². The smallest absolute Gasteiger partial charge is 0.287 e. The van der Waals surface area contributed by atoms with Gasteiger partial charge in [0.15, 0.2) is 5.82 Å². The number of amides is 2. The lowest BCUT2D eigenvalue weighted by atomic mass is 10.1. The minimum absolute atomic E-state index is 0.137. The molecule has 0 bridgehead atoms. The summed E-state index contributed by atoms with van der Waals surface area (Å²) >= 11 is 0. The van der Waals surface area contributed by atoms with Crippen LogP contribution in [0.3, 0.4) is 0 Å². The van der Waals surface area contributed by atoms with Crippen molar-refractivity contribution >= 4 is 11.8 Å². The second-order valence-electron chi connectivity index (χ2n) is 8.17. The lowest BCUT2D eigenvalue weighted by Crippen LogP contribution is -2.36. The van der Waals surface area contributed by atoms with Crippen LogP contribution in [0.5, 0.6) is 0 Å². The van der Waals surface area contributed by atoms with Gasteiger partial charge in [0.1, 0.15) is 5.69 Å². The molecule has 1 saturated carbocycles. The number of hydrogen-bond donors (Lipinski definition) is 2. The minimum Gasteiger partial charge on any atom is -0.347 e. The predicted molar refractivity (Wildman–Crippen MR) is 112 cm³/mol. The second-order valence-corrected chi connectivity index (χ2v) is 8.17. The van der Waals surface area contributed by atoms with E-state index in [1.54, 1.807) is 0 Å². The van der Waals surface area contributed by atoms with Gasteiger partial charge in [0.05, 0.1) is 5.69 Å². The number of rotatable bonds is 5. The van der Waals surface area contributed by atoms with E-state index in [4.69, 9.17) is 0 Å². The normalized spacial score (nSPS) is 17.2. The molecule has 0 atom stereocenters. The third kappa shape index (κ3) is 4.69. The molecule has 1 fully saturated rings. The number of aromatic nitrogens is 2. The van der Waals surface area contributed by atoms with Crippen molar-refractivity contribution in [1.82, 2.24) is 20.2 Å². The molecule has 6 nitrogen and oxygen atoms in total. The Kier molecular flexibility index (Phi) is 6.27. The number of hydrogen-bond acceptors (Lipinski definition) is 3. The molecule has 1 aromatic carbocycles. The minimum atomic E-state index is -0.201. The predicted octanol–water partition coefficient (Wildman–Crippen LogP) is 3.60. The summed E-state index contributed by atoms with van der Waals surface area (Å²) in [4.78, 5) is 30.4. The maximum absolute atomic E-state index is 13.0. The number of fused-ring (bicyclic) bond motifs is 1. The van der Waals surface area contributed by atoms with Crippen LogP contribution in [0.2, 0.25) is 0 Å². The van der Waals surface area contributed by atoms with Gasteiger partial charge < -0.3 is 15.2 Å². The van der Waals surface area contributed by atoms with Crippen LogP contribution in [0.25, 0.3) is 0 Å². The second kappa shape index (κ2) is 9.25. The Morgan fingerprint density at radius 3 is 2.48 bits per heavy atom. The number of nitrogens with zero attached hydrogens (tertiary/aromatic N) is 2. The van der Waals surface area contributed by atoms with E-state index in [-0.39, 0.29) is 17.9 Å². The molecule has 2 amide bonds. The molecule has 1 aliphatic carbocycles. The van der Waals surface area contributed by atoms with Gasteiger partial charge in [-0.25, -0.2) is 4.98 Å². The first-order valence-corrected chi connectivity index (χ1v) is 10.9. The molecule has 1 aromatic heterocycles. The lowest BCUT2D eigenvalue weighted by Gasteiger charge is -2.19. The topological polar surface area (TPSA) is 76.0 Å². The summed E-state index contributed by atoms with van der Waals surface area (Å²) in [5, 5.41) is 6.14. The van der Waals surface area contributed by atoms with Gasteiger partial charge in [-0.05, 0) is 37.7 Å². The monoisotopic (exact) mass is 394 g/mol. The third-order valence-electron chi connectivity index (χ3n) is 6.02. The van der Waals surface area contributed by atoms with E-state index in [9.17, 15) is 9.59 Å². The third-order valence-corrected chi connectivity index (χ3v) is 6.02. The number of imidazole rings is 1. The fourth-order valence-electron chi connectivity index (χ4n) is 4.43. The zero-order chi connectivity index (χ0) is 20.1. The molecular weight excluding hydrogens is 364 g/mol. The van der Waals surface area contributed by atoms with Crippen LogP contribution in [0.4, 0.5) is 0 Å². The van der Waals surface area contributed by atoms with Gasteiger partial charge in [-0.15, -0.1) is 0 Å². The number of carbonyl (C=O) groups excluding carboxylic acids is 2. The summed E-state index contributed by atoms with van der Waals surface area (Å²) in [6.07, 6.45) is 9.71. The van der Waals surface area contributed by atoms with Crippen molar-refractivity contribution in [2.75, 3.05) is 0 Å². The summed E-state index contributed by atoms with van der Waals surface area (Å²) in [5.41, 5.74) is 2.35. The first-order chi connectivity index (χ1) is 14.2. The molecule has 2 aliphatic rings. The van der Waals surface area contributed by atoms with Gasteiger partial charge in [0.2, 0.25) is 0 Å². The first-order valence-electron chi connectivity index (χ1n) is 10.9. The Labute approximate surface area is 172 Å². The van der Waals surface area contributed by atoms with Crippen molar-refractivity contribution < 1.29 is 9.59 Å². The molecule has 29 heavy (non-hydrogen) atoms. The van der Waals surface area contributed by atoms with Crippen molar-refractivity contribution in [3.8, 4) is 0 Å². The Morgan fingerprint density at radius 1 is 0.966 bits per heavy atom. The summed E-state index contributed by atoms with van der Waals surface area (Å²) in [7, 11) is 0. The van der Waals surface area contributed by atoms with Crippen LogP contribution in [0, 0.1) is 0 Å². The van der Waals surface area contributed by atoms with Crippen molar-refractivity contribution in [3.05, 3.63) is 53.1 Å². The number of carbonyl (C=O) groups is 2. The number of benzene rings is 1. The van der Waals surface area contributed by atoms with E-state index in [0.717, 1.165) is 62.7 Å². The van der Waals surface area contributed by atoms with Gasteiger partial charge in [0, 0.05) is 19.1 Å².